The predicted molar refractivity (Wildman–Crippen MR) is 51.9 cm³/mol. The number of ketones is 1. The molecular formula is C9H8N2OS. The summed E-state index contributed by atoms with van der Waals surface area (Å²) in [6.45, 7) is 1.57. The van der Waals surface area contributed by atoms with Gasteiger partial charge in [0, 0.05) is 27.6 Å². The number of rotatable bonds is 2. The number of carbonyl (C=O) groups excluding carboxylic acids is 1. The molecule has 2 rings (SSSR count). The van der Waals surface area contributed by atoms with Crippen LogP contribution in [-0.4, -0.2) is 16.0 Å². The van der Waals surface area contributed by atoms with Crippen molar-refractivity contribution in [3.05, 3.63) is 29.4 Å². The van der Waals surface area contributed by atoms with Crippen LogP contribution in [0.1, 0.15) is 17.3 Å². The fourth-order valence-electron chi connectivity index (χ4n) is 1.06. The van der Waals surface area contributed by atoms with Crippen molar-refractivity contribution in [2.75, 3.05) is 0 Å². The van der Waals surface area contributed by atoms with E-state index in [4.69, 9.17) is 0 Å². The molecule has 0 bridgehead atoms. The summed E-state index contributed by atoms with van der Waals surface area (Å²) >= 11 is 1.55. The van der Waals surface area contributed by atoms with E-state index < -0.39 is 0 Å². The summed E-state index contributed by atoms with van der Waals surface area (Å²) in [6, 6.07) is 1.89. The van der Waals surface area contributed by atoms with Gasteiger partial charge in [0.25, 0.3) is 0 Å². The molecule has 0 atom stereocenters. The van der Waals surface area contributed by atoms with Gasteiger partial charge in [-0.2, -0.15) is 5.10 Å². The third kappa shape index (κ3) is 1.53. The Morgan fingerprint density at radius 1 is 1.62 bits per heavy atom. The average Bonchev–Trinajstić information content (AvgIpc) is 2.75. The Kier molecular flexibility index (Phi) is 1.98. The zero-order valence-electron chi connectivity index (χ0n) is 7.07. The highest BCUT2D eigenvalue weighted by atomic mass is 32.1. The van der Waals surface area contributed by atoms with Crippen LogP contribution in [0.4, 0.5) is 0 Å². The molecule has 1 N–H and O–H groups in total. The molecule has 2 heterocycles. The lowest BCUT2D eigenvalue weighted by Crippen LogP contribution is -1.85. The minimum absolute atomic E-state index is 0.103. The Bertz CT molecular complexity index is 417. The molecule has 3 nitrogen and oxygen atoms in total. The van der Waals surface area contributed by atoms with Crippen LogP contribution in [0.25, 0.3) is 10.4 Å². The number of H-pyrrole nitrogens is 1. The minimum atomic E-state index is 0.103. The topological polar surface area (TPSA) is 45.8 Å². The van der Waals surface area contributed by atoms with Crippen LogP contribution in [0.15, 0.2) is 23.8 Å². The fraction of sp³-hybridized carbons (Fsp3) is 0.111. The van der Waals surface area contributed by atoms with Crippen molar-refractivity contribution in [1.29, 1.82) is 0 Å². The Hall–Kier alpha value is -1.42. The molecule has 0 aromatic carbocycles. The van der Waals surface area contributed by atoms with Gasteiger partial charge >= 0.3 is 0 Å². The van der Waals surface area contributed by atoms with E-state index in [2.05, 4.69) is 10.2 Å². The van der Waals surface area contributed by atoms with Gasteiger partial charge in [-0.25, -0.2) is 0 Å². The van der Waals surface area contributed by atoms with Crippen molar-refractivity contribution in [3.63, 3.8) is 0 Å². The van der Waals surface area contributed by atoms with Crippen LogP contribution < -0.4 is 0 Å². The van der Waals surface area contributed by atoms with E-state index >= 15 is 0 Å². The lowest BCUT2D eigenvalue weighted by molar-refractivity contribution is 0.101. The predicted octanol–water partition coefficient (Wildman–Crippen LogP) is 2.34. The fourth-order valence-corrected chi connectivity index (χ4v) is 1.99. The van der Waals surface area contributed by atoms with Gasteiger partial charge in [0.2, 0.25) is 0 Å². The Morgan fingerprint density at radius 2 is 2.46 bits per heavy atom. The van der Waals surface area contributed by atoms with E-state index in [1.165, 1.54) is 0 Å². The van der Waals surface area contributed by atoms with Gasteiger partial charge in [-0.3, -0.25) is 9.89 Å². The summed E-state index contributed by atoms with van der Waals surface area (Å²) in [5.74, 6) is 0.103. The molecule has 2 aromatic rings. The van der Waals surface area contributed by atoms with Gasteiger partial charge in [0.1, 0.15) is 0 Å². The second kappa shape index (κ2) is 3.14. The number of hydrogen-bond acceptors (Lipinski definition) is 3. The number of hydrogen-bond donors (Lipinski definition) is 1. The van der Waals surface area contributed by atoms with Crippen molar-refractivity contribution in [3.8, 4) is 10.4 Å². The van der Waals surface area contributed by atoms with Crippen LogP contribution in [-0.2, 0) is 0 Å². The Balaban J connectivity index is 2.39. The molecule has 0 spiro atoms. The molecule has 0 aliphatic heterocycles. The summed E-state index contributed by atoms with van der Waals surface area (Å²) in [5, 5.41) is 8.45. The van der Waals surface area contributed by atoms with Crippen LogP contribution >= 0.6 is 11.3 Å². The number of aromatic amines is 1. The zero-order chi connectivity index (χ0) is 9.26. The molecule has 0 saturated heterocycles. The maximum atomic E-state index is 11.0. The van der Waals surface area contributed by atoms with Gasteiger partial charge < -0.3 is 0 Å². The van der Waals surface area contributed by atoms with E-state index in [-0.39, 0.29) is 5.78 Å². The molecule has 2 aromatic heterocycles. The molecular weight excluding hydrogens is 184 g/mol. The molecule has 4 heteroatoms. The molecule has 0 aliphatic carbocycles. The smallest absolute Gasteiger partial charge is 0.160 e. The quantitative estimate of drug-likeness (QED) is 0.742. The number of thiophene rings is 1. The normalized spacial score (nSPS) is 10.2. The van der Waals surface area contributed by atoms with E-state index in [0.717, 1.165) is 16.0 Å². The van der Waals surface area contributed by atoms with Crippen molar-refractivity contribution in [2.45, 2.75) is 6.92 Å². The minimum Gasteiger partial charge on any atom is -0.294 e. The summed E-state index contributed by atoms with van der Waals surface area (Å²) in [4.78, 5) is 12.1. The molecule has 0 unspecified atom stereocenters. The number of nitrogens with zero attached hydrogens (tertiary/aromatic N) is 1. The maximum absolute atomic E-state index is 11.0. The van der Waals surface area contributed by atoms with Crippen LogP contribution in [0.5, 0.6) is 0 Å². The second-order valence-electron chi connectivity index (χ2n) is 2.74. The molecule has 13 heavy (non-hydrogen) atoms. The SMILES string of the molecule is CC(=O)c1csc(-c2cn[nH]c2)c1. The number of aromatic nitrogens is 2. The summed E-state index contributed by atoms with van der Waals surface area (Å²) in [7, 11) is 0. The Labute approximate surface area is 79.4 Å². The van der Waals surface area contributed by atoms with E-state index in [1.54, 1.807) is 24.5 Å². The third-order valence-electron chi connectivity index (χ3n) is 1.79. The van der Waals surface area contributed by atoms with E-state index in [1.807, 2.05) is 17.6 Å². The lowest BCUT2D eigenvalue weighted by atomic mass is 10.2. The van der Waals surface area contributed by atoms with Crippen LogP contribution in [0.3, 0.4) is 0 Å². The van der Waals surface area contributed by atoms with Gasteiger partial charge in [-0.1, -0.05) is 0 Å². The highest BCUT2D eigenvalue weighted by molar-refractivity contribution is 7.13. The Morgan fingerprint density at radius 3 is 3.00 bits per heavy atom. The standard InChI is InChI=1S/C9H8N2OS/c1-6(12)7-2-9(13-5-7)8-3-10-11-4-8/h2-5H,1H3,(H,10,11). The van der Waals surface area contributed by atoms with Crippen molar-refractivity contribution in [2.24, 2.45) is 0 Å². The van der Waals surface area contributed by atoms with Gasteiger partial charge in [0.05, 0.1) is 6.20 Å². The summed E-state index contributed by atoms with van der Waals surface area (Å²) < 4.78 is 0. The molecule has 0 radical (unpaired) electrons. The molecule has 0 aliphatic rings. The molecule has 66 valence electrons. The first-order chi connectivity index (χ1) is 6.27. The second-order valence-corrected chi connectivity index (χ2v) is 3.65. The lowest BCUT2D eigenvalue weighted by Gasteiger charge is -1.86. The summed E-state index contributed by atoms with van der Waals surface area (Å²) in [5.41, 5.74) is 1.79. The van der Waals surface area contributed by atoms with Crippen molar-refractivity contribution in [1.82, 2.24) is 10.2 Å². The van der Waals surface area contributed by atoms with Crippen LogP contribution in [0.2, 0.25) is 0 Å². The van der Waals surface area contributed by atoms with E-state index in [9.17, 15) is 4.79 Å². The van der Waals surface area contributed by atoms with Crippen molar-refractivity contribution >= 4 is 17.1 Å². The third-order valence-corrected chi connectivity index (χ3v) is 2.77. The number of nitrogens with one attached hydrogen (secondary N) is 1. The first-order valence-corrected chi connectivity index (χ1v) is 4.74. The van der Waals surface area contributed by atoms with E-state index in [0.29, 0.717) is 0 Å². The average molecular weight is 192 g/mol. The van der Waals surface area contributed by atoms with Gasteiger partial charge in [-0.15, -0.1) is 11.3 Å². The maximum Gasteiger partial charge on any atom is 0.160 e. The molecule has 0 fully saturated rings. The first kappa shape index (κ1) is 8.19. The van der Waals surface area contributed by atoms with Crippen molar-refractivity contribution < 1.29 is 4.79 Å². The van der Waals surface area contributed by atoms with Crippen LogP contribution in [0, 0.1) is 0 Å². The largest absolute Gasteiger partial charge is 0.294 e. The highest BCUT2D eigenvalue weighted by Crippen LogP contribution is 2.26. The van der Waals surface area contributed by atoms with Gasteiger partial charge in [-0.05, 0) is 13.0 Å². The molecule has 0 saturated carbocycles. The number of Topliss-reactive ketones (excluding diaryl/α,β-unsaturated/α-hetero) is 1. The summed E-state index contributed by atoms with van der Waals surface area (Å²) in [6.07, 6.45) is 3.56. The molecule has 0 amide bonds. The number of carbonyl (C=O) groups is 1. The first-order valence-electron chi connectivity index (χ1n) is 3.86. The monoisotopic (exact) mass is 192 g/mol. The zero-order valence-corrected chi connectivity index (χ0v) is 7.89. The highest BCUT2D eigenvalue weighted by Gasteiger charge is 2.05. The van der Waals surface area contributed by atoms with Gasteiger partial charge in [0.15, 0.2) is 5.78 Å².